The number of carbonyl (C=O) groups is 3. The van der Waals surface area contributed by atoms with Crippen LogP contribution in [0.5, 0.6) is 0 Å². The molecule has 0 atom stereocenters. The van der Waals surface area contributed by atoms with E-state index in [-0.39, 0.29) is 12.0 Å². The fourth-order valence-electron chi connectivity index (χ4n) is 1.90. The predicted molar refractivity (Wildman–Crippen MR) is 68.6 cm³/mol. The number of hydrogen-bond donors (Lipinski definition) is 2. The van der Waals surface area contributed by atoms with Crippen LogP contribution in [-0.4, -0.2) is 17.7 Å². The lowest BCUT2D eigenvalue weighted by atomic mass is 10.1. The number of primary amides is 1. The van der Waals surface area contributed by atoms with Crippen molar-refractivity contribution >= 4 is 23.4 Å². The number of amides is 3. The third kappa shape index (κ3) is 2.47. The first-order valence-corrected chi connectivity index (χ1v) is 5.69. The highest BCUT2D eigenvalue weighted by Crippen LogP contribution is 2.22. The monoisotopic (exact) mass is 259 g/mol. The number of anilines is 1. The van der Waals surface area contributed by atoms with E-state index in [1.54, 1.807) is 37.3 Å². The van der Waals surface area contributed by atoms with E-state index in [1.807, 2.05) is 0 Å². The molecule has 1 aliphatic heterocycles. The zero-order valence-electron chi connectivity index (χ0n) is 10.3. The standard InChI is InChI=1S/C13H13N3O3/c1-8(7-10(14)17)11-12(18)15-16(13(11)19)9-5-3-2-4-6-9/h2-6H,7H2,1H3,(H2,14,17)(H,15,18)/b11-8-. The highest BCUT2D eigenvalue weighted by atomic mass is 16.2. The van der Waals surface area contributed by atoms with Crippen LogP contribution in [-0.2, 0) is 14.4 Å². The Hall–Kier alpha value is -2.63. The highest BCUT2D eigenvalue weighted by molar-refractivity contribution is 6.29. The van der Waals surface area contributed by atoms with Crippen LogP contribution in [0.4, 0.5) is 5.69 Å². The number of nitrogens with two attached hydrogens (primary N) is 1. The fourth-order valence-corrected chi connectivity index (χ4v) is 1.90. The molecule has 19 heavy (non-hydrogen) atoms. The summed E-state index contributed by atoms with van der Waals surface area (Å²) in [7, 11) is 0. The summed E-state index contributed by atoms with van der Waals surface area (Å²) in [4.78, 5) is 34.8. The Morgan fingerprint density at radius 2 is 1.89 bits per heavy atom. The lowest BCUT2D eigenvalue weighted by molar-refractivity contribution is -0.117. The summed E-state index contributed by atoms with van der Waals surface area (Å²) in [5.74, 6) is -1.58. The second kappa shape index (κ2) is 4.93. The Bertz CT molecular complexity index is 578. The Morgan fingerprint density at radius 3 is 2.47 bits per heavy atom. The van der Waals surface area contributed by atoms with Gasteiger partial charge in [0.1, 0.15) is 5.57 Å². The third-order valence-electron chi connectivity index (χ3n) is 2.74. The van der Waals surface area contributed by atoms with E-state index >= 15 is 0 Å². The van der Waals surface area contributed by atoms with Crippen molar-refractivity contribution in [1.82, 2.24) is 5.43 Å². The Labute approximate surface area is 109 Å². The number of carbonyl (C=O) groups excluding carboxylic acids is 3. The summed E-state index contributed by atoms with van der Waals surface area (Å²) in [5.41, 5.74) is 8.43. The van der Waals surface area contributed by atoms with Crippen LogP contribution >= 0.6 is 0 Å². The van der Waals surface area contributed by atoms with Gasteiger partial charge in [-0.15, -0.1) is 0 Å². The molecule has 6 heteroatoms. The van der Waals surface area contributed by atoms with Gasteiger partial charge in [-0.1, -0.05) is 18.2 Å². The smallest absolute Gasteiger partial charge is 0.282 e. The molecule has 3 amide bonds. The molecule has 0 unspecified atom stereocenters. The third-order valence-corrected chi connectivity index (χ3v) is 2.74. The average Bonchev–Trinajstić information content (AvgIpc) is 2.65. The summed E-state index contributed by atoms with van der Waals surface area (Å²) in [6, 6.07) is 8.72. The van der Waals surface area contributed by atoms with E-state index in [1.165, 1.54) is 0 Å². The van der Waals surface area contributed by atoms with Crippen molar-refractivity contribution in [3.63, 3.8) is 0 Å². The molecule has 1 fully saturated rings. The normalized spacial score (nSPS) is 17.4. The van der Waals surface area contributed by atoms with E-state index in [9.17, 15) is 14.4 Å². The minimum absolute atomic E-state index is 0.0253. The Balaban J connectivity index is 2.34. The van der Waals surface area contributed by atoms with Crippen LogP contribution in [0.25, 0.3) is 0 Å². The number of para-hydroxylation sites is 1. The Morgan fingerprint density at radius 1 is 1.26 bits per heavy atom. The van der Waals surface area contributed by atoms with E-state index in [0.29, 0.717) is 11.3 Å². The number of nitrogens with zero attached hydrogens (tertiary/aromatic N) is 1. The maximum atomic E-state index is 12.2. The average molecular weight is 259 g/mol. The highest BCUT2D eigenvalue weighted by Gasteiger charge is 2.35. The number of nitrogens with one attached hydrogen (secondary N) is 1. The van der Waals surface area contributed by atoms with Gasteiger partial charge < -0.3 is 5.73 Å². The first-order valence-electron chi connectivity index (χ1n) is 5.69. The summed E-state index contributed by atoms with van der Waals surface area (Å²) >= 11 is 0. The molecule has 1 aliphatic rings. The van der Waals surface area contributed by atoms with Gasteiger partial charge in [0.2, 0.25) is 5.91 Å². The van der Waals surface area contributed by atoms with E-state index in [4.69, 9.17) is 5.73 Å². The minimum atomic E-state index is -0.580. The molecular formula is C13H13N3O3. The molecule has 1 heterocycles. The molecule has 0 bridgehead atoms. The summed E-state index contributed by atoms with van der Waals surface area (Å²) < 4.78 is 0. The summed E-state index contributed by atoms with van der Waals surface area (Å²) in [6.07, 6.45) is -0.114. The zero-order valence-corrected chi connectivity index (χ0v) is 10.3. The summed E-state index contributed by atoms with van der Waals surface area (Å²) in [5, 5.41) is 1.15. The van der Waals surface area contributed by atoms with Gasteiger partial charge in [-0.2, -0.15) is 0 Å². The van der Waals surface area contributed by atoms with Crippen LogP contribution < -0.4 is 16.2 Å². The molecule has 3 N–H and O–H groups in total. The van der Waals surface area contributed by atoms with Crippen LogP contribution in [0.3, 0.4) is 0 Å². The Kier molecular flexibility index (Phi) is 3.33. The molecule has 0 spiro atoms. The van der Waals surface area contributed by atoms with Gasteiger partial charge in [-0.3, -0.25) is 19.8 Å². The molecular weight excluding hydrogens is 246 g/mol. The predicted octanol–water partition coefficient (Wildman–Crippen LogP) is 0.256. The van der Waals surface area contributed by atoms with Gasteiger partial charge in [0, 0.05) is 6.42 Å². The molecule has 0 aliphatic carbocycles. The van der Waals surface area contributed by atoms with Crippen molar-refractivity contribution in [1.29, 1.82) is 0 Å². The van der Waals surface area contributed by atoms with Gasteiger partial charge in [-0.25, -0.2) is 5.01 Å². The van der Waals surface area contributed by atoms with Gasteiger partial charge in [-0.05, 0) is 24.6 Å². The van der Waals surface area contributed by atoms with Gasteiger partial charge in [0.25, 0.3) is 11.8 Å². The van der Waals surface area contributed by atoms with Crippen LogP contribution in [0, 0.1) is 0 Å². The lowest BCUT2D eigenvalue weighted by Gasteiger charge is -2.14. The number of hydrazine groups is 1. The quantitative estimate of drug-likeness (QED) is 0.602. The van der Waals surface area contributed by atoms with E-state index in [0.717, 1.165) is 5.01 Å². The van der Waals surface area contributed by atoms with Crippen molar-refractivity contribution in [3.05, 3.63) is 41.5 Å². The molecule has 6 nitrogen and oxygen atoms in total. The van der Waals surface area contributed by atoms with Crippen LogP contribution in [0.2, 0.25) is 0 Å². The van der Waals surface area contributed by atoms with Crippen molar-refractivity contribution in [3.8, 4) is 0 Å². The zero-order chi connectivity index (χ0) is 14.0. The van der Waals surface area contributed by atoms with E-state index < -0.39 is 17.7 Å². The molecule has 98 valence electrons. The van der Waals surface area contributed by atoms with E-state index in [2.05, 4.69) is 5.43 Å². The molecule has 0 saturated carbocycles. The molecule has 0 radical (unpaired) electrons. The molecule has 1 aromatic carbocycles. The van der Waals surface area contributed by atoms with Crippen LogP contribution in [0.1, 0.15) is 13.3 Å². The molecule has 1 aromatic rings. The minimum Gasteiger partial charge on any atom is -0.369 e. The molecule has 2 rings (SSSR count). The second-order valence-corrected chi connectivity index (χ2v) is 4.22. The van der Waals surface area contributed by atoms with Gasteiger partial charge in [0.05, 0.1) is 5.69 Å². The maximum absolute atomic E-state index is 12.2. The van der Waals surface area contributed by atoms with Crippen molar-refractivity contribution < 1.29 is 14.4 Å². The molecule has 0 aromatic heterocycles. The lowest BCUT2D eigenvalue weighted by Crippen LogP contribution is -2.35. The maximum Gasteiger partial charge on any atom is 0.282 e. The van der Waals surface area contributed by atoms with Gasteiger partial charge >= 0.3 is 0 Å². The first-order chi connectivity index (χ1) is 9.00. The van der Waals surface area contributed by atoms with Crippen LogP contribution in [0.15, 0.2) is 41.5 Å². The SMILES string of the molecule is C/C(CC(N)=O)=C1\C(=O)NN(c2ccccc2)C1=O. The number of hydrogen-bond acceptors (Lipinski definition) is 3. The first kappa shape index (κ1) is 12.8. The fraction of sp³-hybridized carbons (Fsp3) is 0.154. The topological polar surface area (TPSA) is 92.5 Å². The number of rotatable bonds is 3. The van der Waals surface area contributed by atoms with Crippen molar-refractivity contribution in [2.75, 3.05) is 5.01 Å². The van der Waals surface area contributed by atoms with Crippen molar-refractivity contribution in [2.45, 2.75) is 13.3 Å². The summed E-state index contributed by atoms with van der Waals surface area (Å²) in [6.45, 7) is 1.55. The largest absolute Gasteiger partial charge is 0.369 e. The molecule has 1 saturated heterocycles. The van der Waals surface area contributed by atoms with Gasteiger partial charge in [0.15, 0.2) is 0 Å². The number of benzene rings is 1. The van der Waals surface area contributed by atoms with Crippen molar-refractivity contribution in [2.24, 2.45) is 5.73 Å². The second-order valence-electron chi connectivity index (χ2n) is 4.22.